The van der Waals surface area contributed by atoms with Crippen LogP contribution in [0.25, 0.3) is 10.9 Å². The zero-order chi connectivity index (χ0) is 15.0. The molecule has 0 radical (unpaired) electrons. The molecule has 0 aliphatic rings. The van der Waals surface area contributed by atoms with Crippen molar-refractivity contribution in [3.63, 3.8) is 0 Å². The molecule has 1 aromatic carbocycles. The lowest BCUT2D eigenvalue weighted by molar-refractivity contribution is 0.213. The lowest BCUT2D eigenvalue weighted by Crippen LogP contribution is -2.04. The summed E-state index contributed by atoms with van der Waals surface area (Å²) in [7, 11) is 3.38. The van der Waals surface area contributed by atoms with Gasteiger partial charge in [0.25, 0.3) is 0 Å². The molecule has 1 unspecified atom stereocenters. The van der Waals surface area contributed by atoms with Gasteiger partial charge < -0.3 is 9.84 Å². The third kappa shape index (κ3) is 2.25. The van der Waals surface area contributed by atoms with Crippen LogP contribution in [0.1, 0.15) is 22.9 Å². The van der Waals surface area contributed by atoms with Crippen LogP contribution in [0.15, 0.2) is 36.5 Å². The van der Waals surface area contributed by atoms with Crippen LogP contribution in [0.5, 0.6) is 5.88 Å². The van der Waals surface area contributed by atoms with Crippen LogP contribution in [-0.2, 0) is 7.05 Å². The van der Waals surface area contributed by atoms with Gasteiger partial charge in [0.15, 0.2) is 0 Å². The van der Waals surface area contributed by atoms with Crippen molar-refractivity contribution in [2.24, 2.45) is 7.05 Å². The van der Waals surface area contributed by atoms with Gasteiger partial charge in [0.05, 0.1) is 23.9 Å². The molecule has 0 bridgehead atoms. The van der Waals surface area contributed by atoms with Gasteiger partial charge in [-0.3, -0.25) is 4.98 Å². The van der Waals surface area contributed by atoms with E-state index in [1.807, 2.05) is 37.3 Å². The van der Waals surface area contributed by atoms with E-state index in [0.717, 1.165) is 22.2 Å². The SMILES string of the molecule is COc1c(C(O)c2ccc3ncccc3c2)c(C)nn1C. The standard InChI is InChI=1S/C16H17N3O2/c1-10-14(16(21-3)19(2)18-10)15(20)12-6-7-13-11(9-12)5-4-8-17-13/h4-9,15,20H,1-3H3. The van der Waals surface area contributed by atoms with Crippen LogP contribution < -0.4 is 4.74 Å². The van der Waals surface area contributed by atoms with Crippen molar-refractivity contribution in [3.05, 3.63) is 53.3 Å². The monoisotopic (exact) mass is 283 g/mol. The number of methoxy groups -OCH3 is 1. The van der Waals surface area contributed by atoms with Crippen LogP contribution in [0, 0.1) is 6.92 Å². The second-order valence-electron chi connectivity index (χ2n) is 4.99. The molecule has 0 saturated heterocycles. The van der Waals surface area contributed by atoms with Crippen LogP contribution in [-0.4, -0.2) is 27.0 Å². The van der Waals surface area contributed by atoms with E-state index in [0.29, 0.717) is 11.4 Å². The molecule has 5 heteroatoms. The fraction of sp³-hybridized carbons (Fsp3) is 0.250. The summed E-state index contributed by atoms with van der Waals surface area (Å²) in [6.07, 6.45) is 0.977. The van der Waals surface area contributed by atoms with E-state index in [1.54, 1.807) is 25.0 Å². The Balaban J connectivity index is 2.10. The molecule has 2 heterocycles. The van der Waals surface area contributed by atoms with Gasteiger partial charge in [0.1, 0.15) is 6.10 Å². The van der Waals surface area contributed by atoms with Gasteiger partial charge >= 0.3 is 0 Å². The van der Waals surface area contributed by atoms with Crippen LogP contribution in [0.3, 0.4) is 0 Å². The van der Waals surface area contributed by atoms with E-state index in [9.17, 15) is 5.11 Å². The van der Waals surface area contributed by atoms with E-state index >= 15 is 0 Å². The zero-order valence-electron chi connectivity index (χ0n) is 12.2. The molecule has 0 spiro atoms. The Labute approximate surface area is 122 Å². The number of nitrogens with zero attached hydrogens (tertiary/aromatic N) is 3. The smallest absolute Gasteiger partial charge is 0.217 e. The Morgan fingerprint density at radius 2 is 2.10 bits per heavy atom. The molecule has 0 aliphatic heterocycles. The molecule has 108 valence electrons. The minimum atomic E-state index is -0.779. The number of aliphatic hydroxyl groups excluding tert-OH is 1. The average Bonchev–Trinajstić information content (AvgIpc) is 2.79. The maximum absolute atomic E-state index is 10.7. The molecule has 1 atom stereocenters. The number of hydrogen-bond acceptors (Lipinski definition) is 4. The lowest BCUT2D eigenvalue weighted by Gasteiger charge is -2.13. The first-order chi connectivity index (χ1) is 10.1. The van der Waals surface area contributed by atoms with Crippen molar-refractivity contribution in [2.45, 2.75) is 13.0 Å². The van der Waals surface area contributed by atoms with Gasteiger partial charge in [-0.25, -0.2) is 4.68 Å². The number of pyridine rings is 1. The Morgan fingerprint density at radius 1 is 1.29 bits per heavy atom. The van der Waals surface area contributed by atoms with Gasteiger partial charge in [-0.05, 0) is 30.7 Å². The van der Waals surface area contributed by atoms with E-state index < -0.39 is 6.10 Å². The van der Waals surface area contributed by atoms with Crippen molar-refractivity contribution < 1.29 is 9.84 Å². The van der Waals surface area contributed by atoms with Gasteiger partial charge in [-0.1, -0.05) is 12.1 Å². The second kappa shape index (κ2) is 5.18. The van der Waals surface area contributed by atoms with Gasteiger partial charge in [-0.2, -0.15) is 5.10 Å². The second-order valence-corrected chi connectivity index (χ2v) is 4.99. The minimum Gasteiger partial charge on any atom is -0.481 e. The average molecular weight is 283 g/mol. The minimum absolute atomic E-state index is 0.575. The Morgan fingerprint density at radius 3 is 2.86 bits per heavy atom. The molecule has 0 aliphatic carbocycles. The summed E-state index contributed by atoms with van der Waals surface area (Å²) >= 11 is 0. The van der Waals surface area contributed by atoms with E-state index in [1.165, 1.54) is 0 Å². The summed E-state index contributed by atoms with van der Waals surface area (Å²) < 4.78 is 6.99. The van der Waals surface area contributed by atoms with Crippen molar-refractivity contribution in [1.82, 2.24) is 14.8 Å². The molecular formula is C16H17N3O2. The van der Waals surface area contributed by atoms with Crippen molar-refractivity contribution >= 4 is 10.9 Å². The largest absolute Gasteiger partial charge is 0.481 e. The van der Waals surface area contributed by atoms with Gasteiger partial charge in [0.2, 0.25) is 5.88 Å². The van der Waals surface area contributed by atoms with Crippen molar-refractivity contribution in [3.8, 4) is 5.88 Å². The molecule has 21 heavy (non-hydrogen) atoms. The molecule has 3 aromatic rings. The van der Waals surface area contributed by atoms with Gasteiger partial charge in [0, 0.05) is 18.6 Å². The lowest BCUT2D eigenvalue weighted by atomic mass is 10.00. The molecule has 0 fully saturated rings. The zero-order valence-corrected chi connectivity index (χ0v) is 12.2. The summed E-state index contributed by atoms with van der Waals surface area (Å²) in [6.45, 7) is 1.86. The first-order valence-electron chi connectivity index (χ1n) is 6.72. The van der Waals surface area contributed by atoms with Crippen LogP contribution in [0.4, 0.5) is 0 Å². The summed E-state index contributed by atoms with van der Waals surface area (Å²) in [5, 5.41) is 16.0. The summed E-state index contributed by atoms with van der Waals surface area (Å²) in [5.74, 6) is 0.575. The number of hydrogen-bond donors (Lipinski definition) is 1. The quantitative estimate of drug-likeness (QED) is 0.801. The Bertz CT molecular complexity index is 795. The van der Waals surface area contributed by atoms with Crippen molar-refractivity contribution in [2.75, 3.05) is 7.11 Å². The first kappa shape index (κ1) is 13.6. The van der Waals surface area contributed by atoms with Crippen LogP contribution >= 0.6 is 0 Å². The molecule has 1 N–H and O–H groups in total. The third-order valence-electron chi connectivity index (χ3n) is 3.62. The summed E-state index contributed by atoms with van der Waals surface area (Å²) in [4.78, 5) is 4.29. The van der Waals surface area contributed by atoms with E-state index in [4.69, 9.17) is 4.74 Å². The predicted octanol–water partition coefficient (Wildman–Crippen LogP) is 2.37. The van der Waals surface area contributed by atoms with E-state index in [-0.39, 0.29) is 0 Å². The van der Waals surface area contributed by atoms with Gasteiger partial charge in [-0.15, -0.1) is 0 Å². The highest BCUT2D eigenvalue weighted by Crippen LogP contribution is 2.33. The van der Waals surface area contributed by atoms with Crippen LogP contribution in [0.2, 0.25) is 0 Å². The summed E-state index contributed by atoms with van der Waals surface area (Å²) in [5.41, 5.74) is 3.16. The number of aliphatic hydroxyl groups is 1. The highest BCUT2D eigenvalue weighted by molar-refractivity contribution is 5.79. The van der Waals surface area contributed by atoms with Crippen molar-refractivity contribution in [1.29, 1.82) is 0 Å². The molecule has 3 rings (SSSR count). The number of ether oxygens (including phenoxy) is 1. The number of benzene rings is 1. The fourth-order valence-electron chi connectivity index (χ4n) is 2.64. The Kier molecular flexibility index (Phi) is 3.35. The first-order valence-corrected chi connectivity index (χ1v) is 6.72. The maximum atomic E-state index is 10.7. The number of aryl methyl sites for hydroxylation is 2. The number of aromatic nitrogens is 3. The third-order valence-corrected chi connectivity index (χ3v) is 3.62. The number of rotatable bonds is 3. The molecule has 0 saturated carbocycles. The topological polar surface area (TPSA) is 60.2 Å². The maximum Gasteiger partial charge on any atom is 0.217 e. The Hall–Kier alpha value is -2.40. The predicted molar refractivity (Wildman–Crippen MR) is 80.3 cm³/mol. The number of fused-ring (bicyclic) bond motifs is 1. The normalized spacial score (nSPS) is 12.6. The molecule has 5 nitrogen and oxygen atoms in total. The molecule has 0 amide bonds. The highest BCUT2D eigenvalue weighted by atomic mass is 16.5. The molecular weight excluding hydrogens is 266 g/mol. The molecule has 2 aromatic heterocycles. The fourth-order valence-corrected chi connectivity index (χ4v) is 2.64. The van der Waals surface area contributed by atoms with E-state index in [2.05, 4.69) is 10.1 Å². The highest BCUT2D eigenvalue weighted by Gasteiger charge is 2.23. The summed E-state index contributed by atoms with van der Waals surface area (Å²) in [6, 6.07) is 9.59.